The number of rotatable bonds is 7. The number of ether oxygens (including phenoxy) is 1. The molecule has 1 aromatic carbocycles. The Hall–Kier alpha value is -1.15. The Kier molecular flexibility index (Phi) is 8.40. The third kappa shape index (κ3) is 5.09. The van der Waals surface area contributed by atoms with Crippen molar-refractivity contribution in [3.8, 4) is 0 Å². The smallest absolute Gasteiger partial charge is 0.339 e. The summed E-state index contributed by atoms with van der Waals surface area (Å²) >= 11 is 0. The number of benzene rings is 1. The summed E-state index contributed by atoms with van der Waals surface area (Å²) in [4.78, 5) is 11.5. The minimum absolute atomic E-state index is 0. The number of carbonyl (C=O) groups excluding carboxylic acids is 1. The van der Waals surface area contributed by atoms with Gasteiger partial charge in [0.1, 0.15) is 0 Å². The van der Waals surface area contributed by atoms with Crippen LogP contribution in [0.5, 0.6) is 0 Å². The van der Waals surface area contributed by atoms with Gasteiger partial charge in [0.05, 0.1) is 17.6 Å². The summed E-state index contributed by atoms with van der Waals surface area (Å²) < 4.78 is 31.2. The molecule has 1 aromatic rings. The SMILES string of the molecule is COC(=O)c1ccccc1S(=O)(=O)NCCCCN.Cl. The molecule has 0 bridgehead atoms. The molecule has 8 heteroatoms. The average Bonchev–Trinajstić information content (AvgIpc) is 2.43. The Morgan fingerprint density at radius 2 is 1.95 bits per heavy atom. The number of esters is 1. The molecule has 0 aliphatic rings. The topological polar surface area (TPSA) is 98.5 Å². The molecule has 0 saturated heterocycles. The van der Waals surface area contributed by atoms with Crippen LogP contribution in [-0.4, -0.2) is 34.6 Å². The molecule has 0 amide bonds. The van der Waals surface area contributed by atoms with E-state index in [0.29, 0.717) is 13.0 Å². The molecule has 0 aliphatic carbocycles. The van der Waals surface area contributed by atoms with E-state index in [1.165, 1.54) is 19.2 Å². The van der Waals surface area contributed by atoms with E-state index < -0.39 is 16.0 Å². The monoisotopic (exact) mass is 322 g/mol. The van der Waals surface area contributed by atoms with Crippen molar-refractivity contribution < 1.29 is 17.9 Å². The molecule has 0 radical (unpaired) electrons. The van der Waals surface area contributed by atoms with Gasteiger partial charge in [0.25, 0.3) is 0 Å². The van der Waals surface area contributed by atoms with Gasteiger partial charge in [0, 0.05) is 6.54 Å². The van der Waals surface area contributed by atoms with Crippen molar-refractivity contribution in [2.24, 2.45) is 5.73 Å². The van der Waals surface area contributed by atoms with Crippen LogP contribution in [0.1, 0.15) is 23.2 Å². The molecule has 0 fully saturated rings. The molecule has 0 atom stereocenters. The molecule has 0 spiro atoms. The van der Waals surface area contributed by atoms with Gasteiger partial charge >= 0.3 is 5.97 Å². The maximum Gasteiger partial charge on any atom is 0.339 e. The molecule has 0 saturated carbocycles. The van der Waals surface area contributed by atoms with Crippen molar-refractivity contribution in [1.82, 2.24) is 4.72 Å². The van der Waals surface area contributed by atoms with Crippen LogP contribution in [0.15, 0.2) is 29.2 Å². The van der Waals surface area contributed by atoms with Crippen LogP contribution in [-0.2, 0) is 14.8 Å². The van der Waals surface area contributed by atoms with Crippen LogP contribution in [0.2, 0.25) is 0 Å². The lowest BCUT2D eigenvalue weighted by Crippen LogP contribution is -2.27. The van der Waals surface area contributed by atoms with Crippen molar-refractivity contribution in [2.75, 3.05) is 20.2 Å². The summed E-state index contributed by atoms with van der Waals surface area (Å²) in [7, 11) is -2.51. The van der Waals surface area contributed by atoms with Gasteiger partial charge in [-0.15, -0.1) is 12.4 Å². The van der Waals surface area contributed by atoms with Gasteiger partial charge in [-0.2, -0.15) is 0 Å². The van der Waals surface area contributed by atoms with Crippen LogP contribution in [0.25, 0.3) is 0 Å². The highest BCUT2D eigenvalue weighted by Crippen LogP contribution is 2.16. The van der Waals surface area contributed by atoms with Gasteiger partial charge in [-0.3, -0.25) is 0 Å². The number of nitrogens with two attached hydrogens (primary N) is 1. The first-order valence-corrected chi connectivity index (χ1v) is 7.38. The van der Waals surface area contributed by atoms with Gasteiger partial charge in [-0.05, 0) is 31.5 Å². The van der Waals surface area contributed by atoms with E-state index in [1.54, 1.807) is 12.1 Å². The normalized spacial score (nSPS) is 10.7. The van der Waals surface area contributed by atoms with Crippen molar-refractivity contribution in [3.63, 3.8) is 0 Å². The highest BCUT2D eigenvalue weighted by atomic mass is 35.5. The summed E-state index contributed by atoms with van der Waals surface area (Å²) in [6.45, 7) is 0.801. The summed E-state index contributed by atoms with van der Waals surface area (Å²) in [5.41, 5.74) is 5.36. The van der Waals surface area contributed by atoms with E-state index in [4.69, 9.17) is 5.73 Å². The zero-order valence-electron chi connectivity index (χ0n) is 11.2. The molecule has 1 rings (SSSR count). The predicted molar refractivity (Wildman–Crippen MR) is 78.5 cm³/mol. The summed E-state index contributed by atoms with van der Waals surface area (Å²) in [5.74, 6) is -0.678. The molecule has 114 valence electrons. The van der Waals surface area contributed by atoms with E-state index in [9.17, 15) is 13.2 Å². The second-order valence-corrected chi connectivity index (χ2v) is 5.62. The van der Waals surface area contributed by atoms with Gasteiger partial charge in [0.15, 0.2) is 0 Å². The Balaban J connectivity index is 0.00000361. The molecule has 0 heterocycles. The fourth-order valence-electron chi connectivity index (χ4n) is 1.53. The number of nitrogens with one attached hydrogen (secondary N) is 1. The van der Waals surface area contributed by atoms with Crippen LogP contribution in [0.4, 0.5) is 0 Å². The number of hydrogen-bond acceptors (Lipinski definition) is 5. The third-order valence-electron chi connectivity index (χ3n) is 2.50. The zero-order valence-corrected chi connectivity index (χ0v) is 12.8. The van der Waals surface area contributed by atoms with Crippen molar-refractivity contribution in [3.05, 3.63) is 29.8 Å². The number of sulfonamides is 1. The Morgan fingerprint density at radius 3 is 2.55 bits per heavy atom. The Labute approximate surface area is 125 Å². The fourth-order valence-corrected chi connectivity index (χ4v) is 2.80. The van der Waals surface area contributed by atoms with Crippen LogP contribution in [0.3, 0.4) is 0 Å². The summed E-state index contributed by atoms with van der Waals surface area (Å²) in [5, 5.41) is 0. The largest absolute Gasteiger partial charge is 0.465 e. The van der Waals surface area contributed by atoms with Crippen molar-refractivity contribution in [2.45, 2.75) is 17.7 Å². The van der Waals surface area contributed by atoms with Gasteiger partial charge in [-0.25, -0.2) is 17.9 Å². The number of unbranched alkanes of at least 4 members (excludes halogenated alkanes) is 1. The Morgan fingerprint density at radius 1 is 1.30 bits per heavy atom. The third-order valence-corrected chi connectivity index (χ3v) is 4.02. The maximum atomic E-state index is 12.1. The van der Waals surface area contributed by atoms with Crippen molar-refractivity contribution in [1.29, 1.82) is 0 Å². The average molecular weight is 323 g/mol. The standard InChI is InChI=1S/C12H18N2O4S.ClH/c1-18-12(15)10-6-2-3-7-11(10)19(16,17)14-9-5-4-8-13;/h2-3,6-7,14H,4-5,8-9,13H2,1H3;1H. The molecule has 0 aliphatic heterocycles. The first-order valence-electron chi connectivity index (χ1n) is 5.90. The van der Waals surface area contributed by atoms with E-state index in [2.05, 4.69) is 9.46 Å². The maximum absolute atomic E-state index is 12.1. The number of hydrogen-bond donors (Lipinski definition) is 2. The quantitative estimate of drug-likeness (QED) is 0.574. The molecular formula is C12H19ClN2O4S. The van der Waals surface area contributed by atoms with Crippen LogP contribution in [0, 0.1) is 0 Å². The van der Waals surface area contributed by atoms with E-state index in [0.717, 1.165) is 6.42 Å². The lowest BCUT2D eigenvalue weighted by molar-refractivity contribution is 0.0596. The summed E-state index contributed by atoms with van der Waals surface area (Å²) in [6, 6.07) is 5.93. The van der Waals surface area contributed by atoms with E-state index in [-0.39, 0.29) is 29.4 Å². The minimum atomic E-state index is -3.72. The predicted octanol–water partition coefficient (Wildman–Crippen LogP) is 0.912. The number of carbonyl (C=O) groups is 1. The van der Waals surface area contributed by atoms with Crippen LogP contribution < -0.4 is 10.5 Å². The Bertz CT molecular complexity index is 534. The highest BCUT2D eigenvalue weighted by molar-refractivity contribution is 7.89. The lowest BCUT2D eigenvalue weighted by atomic mass is 10.2. The van der Waals surface area contributed by atoms with Gasteiger partial charge in [-0.1, -0.05) is 12.1 Å². The van der Waals surface area contributed by atoms with E-state index >= 15 is 0 Å². The molecular weight excluding hydrogens is 304 g/mol. The van der Waals surface area contributed by atoms with E-state index in [1.807, 2.05) is 0 Å². The summed E-state index contributed by atoms with van der Waals surface area (Å²) in [6.07, 6.45) is 1.39. The van der Waals surface area contributed by atoms with Gasteiger partial charge < -0.3 is 10.5 Å². The first-order chi connectivity index (χ1) is 9.03. The highest BCUT2D eigenvalue weighted by Gasteiger charge is 2.21. The molecule has 20 heavy (non-hydrogen) atoms. The number of halogens is 1. The first kappa shape index (κ1) is 18.9. The second kappa shape index (κ2) is 8.91. The van der Waals surface area contributed by atoms with Crippen LogP contribution >= 0.6 is 12.4 Å². The number of methoxy groups -OCH3 is 1. The second-order valence-electron chi connectivity index (χ2n) is 3.88. The molecule has 6 nitrogen and oxygen atoms in total. The zero-order chi connectivity index (χ0) is 14.3. The molecule has 0 unspecified atom stereocenters. The minimum Gasteiger partial charge on any atom is -0.465 e. The molecule has 3 N–H and O–H groups in total. The molecule has 0 aromatic heterocycles. The fraction of sp³-hybridized carbons (Fsp3) is 0.417. The van der Waals surface area contributed by atoms with Gasteiger partial charge in [0.2, 0.25) is 10.0 Å². The lowest BCUT2D eigenvalue weighted by Gasteiger charge is -2.10. The van der Waals surface area contributed by atoms with Crippen molar-refractivity contribution >= 4 is 28.4 Å².